The lowest BCUT2D eigenvalue weighted by Crippen LogP contribution is -2.33. The van der Waals surface area contributed by atoms with Crippen molar-refractivity contribution in [1.82, 2.24) is 15.2 Å². The molecule has 1 fully saturated rings. The molecular formula is C23H26FN5OS. The number of nitrogens with zero attached hydrogens (tertiary/aromatic N) is 3. The van der Waals surface area contributed by atoms with E-state index in [0.29, 0.717) is 23.0 Å². The summed E-state index contributed by atoms with van der Waals surface area (Å²) in [5.41, 5.74) is 2.63. The topological polar surface area (TPSA) is 73.9 Å². The fraction of sp³-hybridized carbons (Fsp3) is 0.348. The molecule has 4 rings (SSSR count). The van der Waals surface area contributed by atoms with Crippen LogP contribution in [0.15, 0.2) is 53.9 Å². The summed E-state index contributed by atoms with van der Waals surface area (Å²) in [5, 5.41) is 10.2. The Morgan fingerprint density at radius 1 is 1.19 bits per heavy atom. The Hall–Kier alpha value is -2.87. The Morgan fingerprint density at radius 2 is 1.97 bits per heavy atom. The van der Waals surface area contributed by atoms with Gasteiger partial charge in [-0.2, -0.15) is 5.10 Å². The molecule has 3 aromatic rings. The molecule has 0 spiro atoms. The van der Waals surface area contributed by atoms with Crippen LogP contribution in [0.2, 0.25) is 0 Å². The Labute approximate surface area is 185 Å². The van der Waals surface area contributed by atoms with E-state index in [1.165, 1.54) is 43.4 Å². The number of H-pyrrole nitrogens is 1. The van der Waals surface area contributed by atoms with Gasteiger partial charge in [0.05, 0.1) is 5.69 Å². The molecule has 2 aromatic carbocycles. The molecule has 1 saturated carbocycles. The standard InChI is InChI=1S/C23H26FN5OS/c1-29(19-5-3-2-4-6-19)21-12-11-18(13-20(21)24)27-22(30)17-9-7-16(8-10-17)14-31-23-25-15-26-28-23/h7-13,15,19H,2-6,14H2,1H3,(H,27,30)(H,25,26,28). The molecule has 162 valence electrons. The van der Waals surface area contributed by atoms with Crippen LogP contribution in [0, 0.1) is 5.82 Å². The maximum absolute atomic E-state index is 14.8. The van der Waals surface area contributed by atoms with Crippen molar-refractivity contribution in [1.29, 1.82) is 0 Å². The number of hydrogen-bond acceptors (Lipinski definition) is 5. The van der Waals surface area contributed by atoms with Crippen molar-refractivity contribution in [2.45, 2.75) is 49.1 Å². The van der Waals surface area contributed by atoms with Crippen LogP contribution in [0.25, 0.3) is 0 Å². The van der Waals surface area contributed by atoms with E-state index in [9.17, 15) is 9.18 Å². The average Bonchev–Trinajstić information content (AvgIpc) is 3.32. The summed E-state index contributed by atoms with van der Waals surface area (Å²) >= 11 is 1.54. The maximum atomic E-state index is 14.8. The normalized spacial score (nSPS) is 14.4. The molecule has 8 heteroatoms. The second kappa shape index (κ2) is 9.96. The van der Waals surface area contributed by atoms with E-state index < -0.39 is 0 Å². The average molecular weight is 440 g/mol. The highest BCUT2D eigenvalue weighted by atomic mass is 32.2. The number of carbonyl (C=O) groups is 1. The van der Waals surface area contributed by atoms with E-state index in [1.54, 1.807) is 24.3 Å². The van der Waals surface area contributed by atoms with Gasteiger partial charge in [0.1, 0.15) is 12.1 Å². The van der Waals surface area contributed by atoms with Gasteiger partial charge in [0.25, 0.3) is 5.91 Å². The number of carbonyl (C=O) groups excluding carboxylic acids is 1. The summed E-state index contributed by atoms with van der Waals surface area (Å²) in [7, 11) is 1.95. The molecule has 31 heavy (non-hydrogen) atoms. The second-order valence-electron chi connectivity index (χ2n) is 7.80. The number of rotatable bonds is 7. The number of hydrogen-bond donors (Lipinski definition) is 2. The first kappa shape index (κ1) is 21.4. The highest BCUT2D eigenvalue weighted by molar-refractivity contribution is 7.98. The molecule has 0 atom stereocenters. The van der Waals surface area contributed by atoms with Crippen LogP contribution in [-0.4, -0.2) is 34.2 Å². The van der Waals surface area contributed by atoms with Gasteiger partial charge in [0.15, 0.2) is 5.16 Å². The van der Waals surface area contributed by atoms with Crippen molar-refractivity contribution in [3.05, 3.63) is 65.7 Å². The number of aromatic nitrogens is 3. The van der Waals surface area contributed by atoms with Gasteiger partial charge in [0.2, 0.25) is 0 Å². The van der Waals surface area contributed by atoms with Gasteiger partial charge in [-0.1, -0.05) is 43.2 Å². The van der Waals surface area contributed by atoms with E-state index in [1.807, 2.05) is 24.1 Å². The highest BCUT2D eigenvalue weighted by Gasteiger charge is 2.20. The van der Waals surface area contributed by atoms with Crippen molar-refractivity contribution in [3.8, 4) is 0 Å². The van der Waals surface area contributed by atoms with E-state index in [-0.39, 0.29) is 11.7 Å². The van der Waals surface area contributed by atoms with Crippen molar-refractivity contribution in [2.75, 3.05) is 17.3 Å². The molecule has 1 heterocycles. The zero-order valence-corrected chi connectivity index (χ0v) is 18.3. The summed E-state index contributed by atoms with van der Waals surface area (Å²) in [4.78, 5) is 18.7. The number of benzene rings is 2. The van der Waals surface area contributed by atoms with Gasteiger partial charge >= 0.3 is 0 Å². The third-order valence-electron chi connectivity index (χ3n) is 5.69. The Morgan fingerprint density at radius 3 is 2.65 bits per heavy atom. The molecule has 0 saturated heterocycles. The van der Waals surface area contributed by atoms with Gasteiger partial charge in [-0.25, -0.2) is 9.37 Å². The van der Waals surface area contributed by atoms with E-state index in [2.05, 4.69) is 20.5 Å². The van der Waals surface area contributed by atoms with Gasteiger partial charge in [-0.3, -0.25) is 9.89 Å². The third-order valence-corrected chi connectivity index (χ3v) is 6.64. The largest absolute Gasteiger partial charge is 0.369 e. The molecule has 6 nitrogen and oxygen atoms in total. The second-order valence-corrected chi connectivity index (χ2v) is 8.76. The third kappa shape index (κ3) is 5.44. The van der Waals surface area contributed by atoms with Crippen LogP contribution in [0.5, 0.6) is 0 Å². The number of anilines is 2. The first-order chi connectivity index (χ1) is 15.1. The molecule has 1 aliphatic carbocycles. The molecule has 1 amide bonds. The minimum Gasteiger partial charge on any atom is -0.369 e. The summed E-state index contributed by atoms with van der Waals surface area (Å²) in [6.07, 6.45) is 7.32. The minimum atomic E-state index is -0.314. The lowest BCUT2D eigenvalue weighted by molar-refractivity contribution is 0.102. The van der Waals surface area contributed by atoms with Crippen LogP contribution in [0.4, 0.5) is 15.8 Å². The van der Waals surface area contributed by atoms with Gasteiger partial charge in [-0.05, 0) is 48.7 Å². The van der Waals surface area contributed by atoms with Gasteiger partial charge < -0.3 is 10.2 Å². The SMILES string of the molecule is CN(c1ccc(NC(=O)c2ccc(CSc3ncn[nH]3)cc2)cc1F)C1CCCCC1. The lowest BCUT2D eigenvalue weighted by Gasteiger charge is -2.33. The van der Waals surface area contributed by atoms with E-state index >= 15 is 0 Å². The van der Waals surface area contributed by atoms with E-state index in [0.717, 1.165) is 29.3 Å². The molecular weight excluding hydrogens is 413 g/mol. The van der Waals surface area contributed by atoms with Crippen LogP contribution in [0.1, 0.15) is 48.0 Å². The smallest absolute Gasteiger partial charge is 0.255 e. The number of halogens is 1. The number of thioether (sulfide) groups is 1. The van der Waals surface area contributed by atoms with E-state index in [4.69, 9.17) is 0 Å². The van der Waals surface area contributed by atoms with Gasteiger partial charge in [0, 0.05) is 30.1 Å². The van der Waals surface area contributed by atoms with Crippen LogP contribution in [-0.2, 0) is 5.75 Å². The fourth-order valence-electron chi connectivity index (χ4n) is 3.91. The number of amides is 1. The zero-order valence-electron chi connectivity index (χ0n) is 17.5. The first-order valence-corrected chi connectivity index (χ1v) is 11.5. The molecule has 1 aliphatic rings. The molecule has 1 aromatic heterocycles. The van der Waals surface area contributed by atoms with Crippen LogP contribution < -0.4 is 10.2 Å². The predicted octanol–water partition coefficient (Wildman–Crippen LogP) is 5.26. The fourth-order valence-corrected chi connectivity index (χ4v) is 4.64. The van der Waals surface area contributed by atoms with Gasteiger partial charge in [-0.15, -0.1) is 0 Å². The Balaban J connectivity index is 1.36. The number of aromatic amines is 1. The summed E-state index contributed by atoms with van der Waals surface area (Å²) < 4.78 is 14.8. The predicted molar refractivity (Wildman–Crippen MR) is 122 cm³/mol. The summed E-state index contributed by atoms with van der Waals surface area (Å²) in [6.45, 7) is 0. The monoisotopic (exact) mass is 439 g/mol. The molecule has 2 N–H and O–H groups in total. The zero-order chi connectivity index (χ0) is 21.6. The molecule has 0 radical (unpaired) electrons. The summed E-state index contributed by atoms with van der Waals surface area (Å²) in [6, 6.07) is 12.6. The Kier molecular flexibility index (Phi) is 6.86. The maximum Gasteiger partial charge on any atom is 0.255 e. The highest BCUT2D eigenvalue weighted by Crippen LogP contribution is 2.29. The molecule has 0 unspecified atom stereocenters. The van der Waals surface area contributed by atoms with Crippen LogP contribution >= 0.6 is 11.8 Å². The number of nitrogens with one attached hydrogen (secondary N) is 2. The minimum absolute atomic E-state index is 0.262. The molecule has 0 bridgehead atoms. The lowest BCUT2D eigenvalue weighted by atomic mass is 9.94. The Bertz CT molecular complexity index is 1000. The van der Waals surface area contributed by atoms with Crippen molar-refractivity contribution in [2.24, 2.45) is 0 Å². The summed E-state index contributed by atoms with van der Waals surface area (Å²) in [5.74, 6) is 0.144. The molecule has 0 aliphatic heterocycles. The quantitative estimate of drug-likeness (QED) is 0.492. The van der Waals surface area contributed by atoms with Crippen molar-refractivity contribution in [3.63, 3.8) is 0 Å². The van der Waals surface area contributed by atoms with Crippen molar-refractivity contribution >= 4 is 29.0 Å². The van der Waals surface area contributed by atoms with Crippen molar-refractivity contribution < 1.29 is 9.18 Å². The van der Waals surface area contributed by atoms with Crippen LogP contribution in [0.3, 0.4) is 0 Å². The first-order valence-electron chi connectivity index (χ1n) is 10.5.